The zero-order valence-electron chi connectivity index (χ0n) is 39.2. The molecule has 0 bridgehead atoms. The van der Waals surface area contributed by atoms with Crippen molar-refractivity contribution in [2.75, 3.05) is 4.90 Å². The second-order valence-corrected chi connectivity index (χ2v) is 12.0. The summed E-state index contributed by atoms with van der Waals surface area (Å²) >= 11 is 0. The van der Waals surface area contributed by atoms with Gasteiger partial charge in [0.1, 0.15) is 0 Å². The molecule has 1 heteroatoms. The molecule has 0 fully saturated rings. The first-order chi connectivity index (χ1) is 30.3. The molecule has 0 aliphatic heterocycles. The lowest BCUT2D eigenvalue weighted by atomic mass is 9.97. The van der Waals surface area contributed by atoms with Crippen LogP contribution in [0.15, 0.2) is 212 Å². The van der Waals surface area contributed by atoms with Gasteiger partial charge >= 0.3 is 0 Å². The van der Waals surface area contributed by atoms with Gasteiger partial charge in [0.25, 0.3) is 0 Å². The Bertz CT molecular complexity index is 3270. The minimum Gasteiger partial charge on any atom is -0.310 e. The normalized spacial score (nSPS) is 14.4. The zero-order valence-corrected chi connectivity index (χ0v) is 27.2. The second-order valence-electron chi connectivity index (χ2n) is 12.0. The molecule has 0 aliphatic rings. The first-order valence-electron chi connectivity index (χ1n) is 22.5. The number of hydrogen-bond donors (Lipinski definition) is 0. The molecule has 0 heterocycles. The number of benzene rings is 9. The van der Waals surface area contributed by atoms with E-state index in [-0.39, 0.29) is 16.7 Å². The largest absolute Gasteiger partial charge is 0.310 e. The van der Waals surface area contributed by atoms with Crippen molar-refractivity contribution in [3.8, 4) is 44.5 Å². The van der Waals surface area contributed by atoms with Gasteiger partial charge in [-0.05, 0) is 114 Å². The lowest BCUT2D eigenvalue weighted by Crippen LogP contribution is -2.10. The van der Waals surface area contributed by atoms with Crippen molar-refractivity contribution in [2.24, 2.45) is 0 Å². The van der Waals surface area contributed by atoms with Crippen molar-refractivity contribution in [2.45, 2.75) is 0 Å². The van der Waals surface area contributed by atoms with Crippen LogP contribution in [0.1, 0.15) is 16.4 Å². The van der Waals surface area contributed by atoms with Crippen LogP contribution in [0.4, 0.5) is 17.1 Å². The standard InChI is InChI=1S/C50H35N/c1-2-11-36(12-3-1)42-17-8-18-43(33-42)38-25-29-46(30-26-38)51(47-31-27-40(28-32-47)50-22-10-16-39-14-6-7-21-49(39)50)48-20-9-19-44(35-48)45-24-23-37-13-4-5-15-41(37)34-45/h1-35H/i9D,19D,20D,25D,26D,27D,28D,29D,30D,31D,32D,35D. The van der Waals surface area contributed by atoms with Gasteiger partial charge in [-0.3, -0.25) is 0 Å². The summed E-state index contributed by atoms with van der Waals surface area (Å²) in [5.41, 5.74) is 0.972. The van der Waals surface area contributed by atoms with E-state index in [1.54, 1.807) is 54.6 Å². The molecule has 0 atom stereocenters. The van der Waals surface area contributed by atoms with E-state index in [4.69, 9.17) is 2.74 Å². The van der Waals surface area contributed by atoms with Crippen LogP contribution in [0.3, 0.4) is 0 Å². The third kappa shape index (κ3) is 6.07. The lowest BCUT2D eigenvalue weighted by Gasteiger charge is -2.26. The van der Waals surface area contributed by atoms with E-state index < -0.39 is 89.6 Å². The molecule has 9 aromatic carbocycles. The third-order valence-electron chi connectivity index (χ3n) is 8.86. The molecule has 51 heavy (non-hydrogen) atoms. The first kappa shape index (κ1) is 20.1. The molecular formula is C50H35N. The van der Waals surface area contributed by atoms with Crippen molar-refractivity contribution < 1.29 is 16.4 Å². The summed E-state index contributed by atoms with van der Waals surface area (Å²) < 4.78 is 113. The summed E-state index contributed by atoms with van der Waals surface area (Å²) in [6.07, 6.45) is 0. The van der Waals surface area contributed by atoms with Crippen LogP contribution < -0.4 is 4.90 Å². The molecule has 0 unspecified atom stereocenters. The Balaban J connectivity index is 1.36. The number of anilines is 3. The SMILES string of the molecule is [2H]c1c([2H])c(-c2ccc3ccccc3c2)c([2H])c(N(c2c([2H])c([2H])c(-c3cccc(-c4ccccc4)c3)c([2H])c2[2H])c2c([2H])c([2H])c(-c3cccc4ccccc34)c([2H])c2[2H])c1[2H]. The highest BCUT2D eigenvalue weighted by molar-refractivity contribution is 5.97. The van der Waals surface area contributed by atoms with Crippen molar-refractivity contribution in [3.05, 3.63) is 212 Å². The van der Waals surface area contributed by atoms with Crippen LogP contribution in [0, 0.1) is 0 Å². The molecule has 9 rings (SSSR count). The van der Waals surface area contributed by atoms with Gasteiger partial charge in [0.05, 0.1) is 16.4 Å². The van der Waals surface area contributed by atoms with Crippen LogP contribution in [-0.2, 0) is 0 Å². The smallest absolute Gasteiger partial charge is 0.0651 e. The van der Waals surface area contributed by atoms with E-state index in [2.05, 4.69) is 0 Å². The van der Waals surface area contributed by atoms with E-state index in [1.165, 1.54) is 0 Å². The molecule has 0 amide bonds. The molecule has 0 saturated heterocycles. The molecule has 0 saturated carbocycles. The maximum absolute atomic E-state index is 9.75. The molecule has 9 aromatic rings. The van der Waals surface area contributed by atoms with Crippen LogP contribution in [0.2, 0.25) is 0 Å². The summed E-state index contributed by atoms with van der Waals surface area (Å²) in [5.74, 6) is 0. The maximum atomic E-state index is 9.75. The molecule has 0 spiro atoms. The predicted molar refractivity (Wildman–Crippen MR) is 218 cm³/mol. The van der Waals surface area contributed by atoms with Crippen LogP contribution in [-0.4, -0.2) is 0 Å². The summed E-state index contributed by atoms with van der Waals surface area (Å²) in [7, 11) is 0. The summed E-state index contributed by atoms with van der Waals surface area (Å²) in [6.45, 7) is 0. The summed E-state index contributed by atoms with van der Waals surface area (Å²) in [4.78, 5) is 0.894. The fraction of sp³-hybridized carbons (Fsp3) is 0. The van der Waals surface area contributed by atoms with E-state index in [0.29, 0.717) is 22.1 Å². The molecular weight excluding hydrogens is 615 g/mol. The highest BCUT2D eigenvalue weighted by atomic mass is 15.1. The Labute approximate surface area is 316 Å². The molecule has 1 nitrogen and oxygen atoms in total. The number of nitrogens with zero attached hydrogens (tertiary/aromatic N) is 1. The van der Waals surface area contributed by atoms with Crippen molar-refractivity contribution in [1.82, 2.24) is 0 Å². The molecule has 0 radical (unpaired) electrons. The van der Waals surface area contributed by atoms with Gasteiger partial charge in [-0.1, -0.05) is 164 Å². The van der Waals surface area contributed by atoms with Gasteiger partial charge < -0.3 is 4.90 Å². The average molecular weight is 662 g/mol. The topological polar surface area (TPSA) is 3.24 Å². The molecule has 240 valence electrons. The maximum Gasteiger partial charge on any atom is 0.0651 e. The van der Waals surface area contributed by atoms with Gasteiger partial charge in [-0.2, -0.15) is 0 Å². The minimum atomic E-state index is -0.721. The van der Waals surface area contributed by atoms with Gasteiger partial charge in [-0.15, -0.1) is 0 Å². The third-order valence-corrected chi connectivity index (χ3v) is 8.86. The Kier molecular flexibility index (Phi) is 5.24. The van der Waals surface area contributed by atoms with Crippen molar-refractivity contribution in [3.63, 3.8) is 0 Å². The van der Waals surface area contributed by atoms with Gasteiger partial charge in [0.15, 0.2) is 0 Å². The number of fused-ring (bicyclic) bond motifs is 2. The lowest BCUT2D eigenvalue weighted by molar-refractivity contribution is 1.28. The quantitative estimate of drug-likeness (QED) is 0.164. The van der Waals surface area contributed by atoms with Gasteiger partial charge in [0, 0.05) is 17.1 Å². The second kappa shape index (κ2) is 13.3. The minimum absolute atomic E-state index is 0.0320. The monoisotopic (exact) mass is 661 g/mol. The predicted octanol–water partition coefficient (Wildman–Crippen LogP) is 14.1. The van der Waals surface area contributed by atoms with Gasteiger partial charge in [0.2, 0.25) is 0 Å². The highest BCUT2D eigenvalue weighted by Gasteiger charge is 2.15. The number of rotatable bonds is 7. The van der Waals surface area contributed by atoms with Gasteiger partial charge in [-0.25, -0.2) is 0 Å². The zero-order chi connectivity index (χ0) is 44.4. The van der Waals surface area contributed by atoms with Crippen LogP contribution in [0.5, 0.6) is 0 Å². The Morgan fingerprint density at radius 3 is 1.71 bits per heavy atom. The van der Waals surface area contributed by atoms with E-state index in [0.717, 1.165) is 32.2 Å². The van der Waals surface area contributed by atoms with E-state index in [9.17, 15) is 13.7 Å². The van der Waals surface area contributed by atoms with Crippen molar-refractivity contribution in [1.29, 1.82) is 0 Å². The van der Waals surface area contributed by atoms with Crippen LogP contribution >= 0.6 is 0 Å². The van der Waals surface area contributed by atoms with Crippen molar-refractivity contribution >= 4 is 38.6 Å². The molecule has 0 aliphatic carbocycles. The Morgan fingerprint density at radius 1 is 0.333 bits per heavy atom. The number of hydrogen-bond acceptors (Lipinski definition) is 1. The van der Waals surface area contributed by atoms with Crippen LogP contribution in [0.25, 0.3) is 66.1 Å². The Morgan fingerprint density at radius 2 is 0.922 bits per heavy atom. The average Bonchev–Trinajstić information content (AvgIpc) is 3.30. The van der Waals surface area contributed by atoms with E-state index >= 15 is 0 Å². The Hall–Kier alpha value is -6.70. The van der Waals surface area contributed by atoms with E-state index in [1.807, 2.05) is 84.9 Å². The first-order valence-corrected chi connectivity index (χ1v) is 16.5. The summed E-state index contributed by atoms with van der Waals surface area (Å²) in [6, 6.07) is 34.8. The molecule has 0 aromatic heterocycles. The molecule has 0 N–H and O–H groups in total. The highest BCUT2D eigenvalue weighted by Crippen LogP contribution is 2.39. The summed E-state index contributed by atoms with van der Waals surface area (Å²) in [5, 5.41) is 3.11. The fourth-order valence-electron chi connectivity index (χ4n) is 6.31. The fourth-order valence-corrected chi connectivity index (χ4v) is 6.31.